The van der Waals surface area contributed by atoms with Crippen molar-refractivity contribution in [1.82, 2.24) is 10.3 Å². The van der Waals surface area contributed by atoms with Crippen molar-refractivity contribution in [3.8, 4) is 11.1 Å². The minimum absolute atomic E-state index is 0. The van der Waals surface area contributed by atoms with Gasteiger partial charge in [0, 0.05) is 22.6 Å². The molecule has 0 amide bonds. The third kappa shape index (κ3) is 4.10. The van der Waals surface area contributed by atoms with Crippen LogP contribution in [0.4, 0.5) is 0 Å². The fourth-order valence-corrected chi connectivity index (χ4v) is 4.51. The molecular weight excluding hydrogens is 376 g/mol. The van der Waals surface area contributed by atoms with E-state index < -0.39 is 0 Å². The molecule has 1 aliphatic rings. The maximum atomic E-state index is 3.80. The predicted molar refractivity (Wildman–Crippen MR) is 125 cm³/mol. The third-order valence-corrected chi connectivity index (χ3v) is 5.96. The normalized spacial score (nSPS) is 15.7. The lowest BCUT2D eigenvalue weighted by atomic mass is 9.91. The number of aryl methyl sites for hydroxylation is 1. The number of hydrogen-bond acceptors (Lipinski definition) is 1. The van der Waals surface area contributed by atoms with E-state index in [0.29, 0.717) is 6.04 Å². The molecule has 4 aromatic rings. The van der Waals surface area contributed by atoms with Gasteiger partial charge in [0.05, 0.1) is 0 Å². The first-order chi connectivity index (χ1) is 13.9. The maximum Gasteiger partial charge on any atom is 0.0476 e. The Kier molecular flexibility index (Phi) is 6.03. The Morgan fingerprint density at radius 2 is 1.62 bits per heavy atom. The average molecular weight is 403 g/mol. The Labute approximate surface area is 178 Å². The van der Waals surface area contributed by atoms with Crippen LogP contribution in [0.15, 0.2) is 78.9 Å². The average Bonchev–Trinajstić information content (AvgIpc) is 3.14. The molecule has 1 heterocycles. The summed E-state index contributed by atoms with van der Waals surface area (Å²) in [6.07, 6.45) is 4.70. The molecule has 1 aliphatic carbocycles. The summed E-state index contributed by atoms with van der Waals surface area (Å²) in [6, 6.07) is 28.7. The van der Waals surface area contributed by atoms with Gasteiger partial charge in [-0.05, 0) is 66.6 Å². The third-order valence-electron chi connectivity index (χ3n) is 5.96. The van der Waals surface area contributed by atoms with Gasteiger partial charge in [0.25, 0.3) is 0 Å². The van der Waals surface area contributed by atoms with Gasteiger partial charge in [0.2, 0.25) is 0 Å². The van der Waals surface area contributed by atoms with E-state index in [1.165, 1.54) is 58.1 Å². The van der Waals surface area contributed by atoms with E-state index in [-0.39, 0.29) is 12.4 Å². The zero-order chi connectivity index (χ0) is 18.8. The van der Waals surface area contributed by atoms with Gasteiger partial charge in [0.15, 0.2) is 0 Å². The highest BCUT2D eigenvalue weighted by Crippen LogP contribution is 2.36. The van der Waals surface area contributed by atoms with Crippen LogP contribution < -0.4 is 5.32 Å². The molecule has 5 rings (SSSR count). The second kappa shape index (κ2) is 8.86. The summed E-state index contributed by atoms with van der Waals surface area (Å²) in [7, 11) is 0. The van der Waals surface area contributed by atoms with E-state index in [1.807, 2.05) is 0 Å². The minimum Gasteiger partial charge on any atom is -0.357 e. The summed E-state index contributed by atoms with van der Waals surface area (Å²) in [6.45, 7) is 1.01. The molecule has 0 bridgehead atoms. The summed E-state index contributed by atoms with van der Waals surface area (Å²) in [5.41, 5.74) is 8.16. The van der Waals surface area contributed by atoms with E-state index in [1.54, 1.807) is 0 Å². The zero-order valence-corrected chi connectivity index (χ0v) is 17.3. The number of fused-ring (bicyclic) bond motifs is 3. The standard InChI is InChI=1S/C26H26N2.ClH/c1-3-8-19(9-4-1)16-17-27-25-13-7-12-22-23-18-21(20-10-5-2-6-11-20)14-15-24(23)28-26(22)25;/h1-6,8-11,14-15,18,25,27-28H,7,12-13,16-17H2;1H. The molecule has 2 N–H and O–H groups in total. The van der Waals surface area contributed by atoms with Gasteiger partial charge >= 0.3 is 0 Å². The molecule has 29 heavy (non-hydrogen) atoms. The van der Waals surface area contributed by atoms with E-state index >= 15 is 0 Å². The van der Waals surface area contributed by atoms with Crippen LogP contribution >= 0.6 is 12.4 Å². The van der Waals surface area contributed by atoms with Crippen LogP contribution in [0.2, 0.25) is 0 Å². The Bertz CT molecular complexity index is 1070. The summed E-state index contributed by atoms with van der Waals surface area (Å²) >= 11 is 0. The molecule has 0 saturated heterocycles. The molecule has 148 valence electrons. The predicted octanol–water partition coefficient (Wildman–Crippen LogP) is 6.47. The summed E-state index contributed by atoms with van der Waals surface area (Å²) in [5, 5.41) is 5.20. The van der Waals surface area contributed by atoms with Crippen molar-refractivity contribution in [2.75, 3.05) is 6.54 Å². The Hall–Kier alpha value is -2.55. The molecular formula is C26H27ClN2. The van der Waals surface area contributed by atoms with E-state index in [4.69, 9.17) is 0 Å². The van der Waals surface area contributed by atoms with E-state index in [9.17, 15) is 0 Å². The molecule has 3 aromatic carbocycles. The lowest BCUT2D eigenvalue weighted by Crippen LogP contribution is -2.27. The maximum absolute atomic E-state index is 3.80. The molecule has 1 aromatic heterocycles. The van der Waals surface area contributed by atoms with Gasteiger partial charge in [-0.1, -0.05) is 66.7 Å². The molecule has 0 saturated carbocycles. The molecule has 0 radical (unpaired) electrons. The van der Waals surface area contributed by atoms with Crippen LogP contribution in [-0.4, -0.2) is 11.5 Å². The van der Waals surface area contributed by atoms with Crippen LogP contribution in [0.5, 0.6) is 0 Å². The van der Waals surface area contributed by atoms with Crippen molar-refractivity contribution < 1.29 is 0 Å². The molecule has 0 fully saturated rings. The number of aromatic amines is 1. The molecule has 1 atom stereocenters. The lowest BCUT2D eigenvalue weighted by Gasteiger charge is -2.24. The van der Waals surface area contributed by atoms with Gasteiger partial charge in [0.1, 0.15) is 0 Å². The Morgan fingerprint density at radius 1 is 0.862 bits per heavy atom. The number of rotatable bonds is 5. The van der Waals surface area contributed by atoms with Crippen LogP contribution in [0.3, 0.4) is 0 Å². The molecule has 3 heteroatoms. The topological polar surface area (TPSA) is 27.8 Å². The molecule has 2 nitrogen and oxygen atoms in total. The van der Waals surface area contributed by atoms with Crippen LogP contribution in [0, 0.1) is 0 Å². The Morgan fingerprint density at radius 3 is 2.41 bits per heavy atom. The molecule has 0 spiro atoms. The zero-order valence-electron chi connectivity index (χ0n) is 16.5. The van der Waals surface area contributed by atoms with Crippen LogP contribution in [0.1, 0.15) is 35.7 Å². The van der Waals surface area contributed by atoms with Crippen LogP contribution in [-0.2, 0) is 12.8 Å². The van der Waals surface area contributed by atoms with E-state index in [2.05, 4.69) is 89.2 Å². The summed E-state index contributed by atoms with van der Waals surface area (Å²) in [4.78, 5) is 3.73. The van der Waals surface area contributed by atoms with Gasteiger partial charge < -0.3 is 10.3 Å². The monoisotopic (exact) mass is 402 g/mol. The van der Waals surface area contributed by atoms with E-state index in [0.717, 1.165) is 13.0 Å². The minimum atomic E-state index is 0. The second-order valence-corrected chi connectivity index (χ2v) is 7.78. The smallest absolute Gasteiger partial charge is 0.0476 e. The van der Waals surface area contributed by atoms with Crippen molar-refractivity contribution in [1.29, 1.82) is 0 Å². The van der Waals surface area contributed by atoms with Gasteiger partial charge in [-0.15, -0.1) is 12.4 Å². The number of nitrogens with one attached hydrogen (secondary N) is 2. The first kappa shape index (κ1) is 19.8. The number of aromatic nitrogens is 1. The highest BCUT2D eigenvalue weighted by molar-refractivity contribution is 5.89. The quantitative estimate of drug-likeness (QED) is 0.393. The number of H-pyrrole nitrogens is 1. The van der Waals surface area contributed by atoms with Crippen molar-refractivity contribution in [3.05, 3.63) is 95.7 Å². The number of halogens is 1. The van der Waals surface area contributed by atoms with Gasteiger partial charge in [-0.25, -0.2) is 0 Å². The van der Waals surface area contributed by atoms with Crippen LogP contribution in [0.25, 0.3) is 22.0 Å². The summed E-state index contributed by atoms with van der Waals surface area (Å²) in [5.74, 6) is 0. The largest absolute Gasteiger partial charge is 0.357 e. The Balaban J connectivity index is 0.00000205. The van der Waals surface area contributed by atoms with Gasteiger partial charge in [-0.3, -0.25) is 0 Å². The van der Waals surface area contributed by atoms with Crippen molar-refractivity contribution in [2.45, 2.75) is 31.7 Å². The van der Waals surface area contributed by atoms with Crippen molar-refractivity contribution >= 4 is 23.3 Å². The highest BCUT2D eigenvalue weighted by Gasteiger charge is 2.24. The van der Waals surface area contributed by atoms with Crippen molar-refractivity contribution in [2.24, 2.45) is 0 Å². The fourth-order valence-electron chi connectivity index (χ4n) is 4.51. The molecule has 1 unspecified atom stereocenters. The summed E-state index contributed by atoms with van der Waals surface area (Å²) < 4.78 is 0. The first-order valence-corrected chi connectivity index (χ1v) is 10.4. The number of benzene rings is 3. The number of hydrogen-bond donors (Lipinski definition) is 2. The lowest BCUT2D eigenvalue weighted by molar-refractivity contribution is 0.456. The fraction of sp³-hybridized carbons (Fsp3) is 0.231. The second-order valence-electron chi connectivity index (χ2n) is 7.78. The van der Waals surface area contributed by atoms with Crippen molar-refractivity contribution in [3.63, 3.8) is 0 Å². The first-order valence-electron chi connectivity index (χ1n) is 10.4. The van der Waals surface area contributed by atoms with Gasteiger partial charge in [-0.2, -0.15) is 0 Å². The molecule has 0 aliphatic heterocycles. The highest BCUT2D eigenvalue weighted by atomic mass is 35.5. The SMILES string of the molecule is Cl.c1ccc(CCNC2CCCc3c2[nH]c2ccc(-c4ccccc4)cc32)cc1.